The van der Waals surface area contributed by atoms with Crippen LogP contribution in [0.3, 0.4) is 0 Å². The Kier molecular flexibility index (Phi) is 5.83. The third-order valence-corrected chi connectivity index (χ3v) is 6.55. The molecule has 1 saturated heterocycles. The number of nitrogens with zero attached hydrogens (tertiary/aromatic N) is 2. The topological polar surface area (TPSA) is 40.6 Å². The van der Waals surface area contributed by atoms with Crippen LogP contribution in [0.25, 0.3) is 0 Å². The molecule has 0 bridgehead atoms. The van der Waals surface area contributed by atoms with Crippen molar-refractivity contribution in [3.05, 3.63) is 0 Å². The van der Waals surface area contributed by atoms with Crippen LogP contribution in [0.4, 0.5) is 0 Å². The Balaban J connectivity index is 1.54. The predicted octanol–water partition coefficient (Wildman–Crippen LogP) is 3.66. The first-order valence-corrected chi connectivity index (χ1v) is 10.1. The van der Waals surface area contributed by atoms with Crippen LogP contribution in [0.5, 0.6) is 0 Å². The van der Waals surface area contributed by atoms with Gasteiger partial charge in [-0.3, -0.25) is 9.59 Å². The second kappa shape index (κ2) is 7.88. The van der Waals surface area contributed by atoms with Crippen LogP contribution in [-0.2, 0) is 9.59 Å². The minimum atomic E-state index is 0.201. The highest BCUT2D eigenvalue weighted by Gasteiger charge is 2.34. The molecule has 0 unspecified atom stereocenters. The molecule has 3 fully saturated rings. The summed E-state index contributed by atoms with van der Waals surface area (Å²) < 4.78 is 0. The fraction of sp³-hybridized carbons (Fsp3) is 0.900. The molecule has 2 saturated carbocycles. The van der Waals surface area contributed by atoms with E-state index in [2.05, 4.69) is 13.8 Å². The summed E-state index contributed by atoms with van der Waals surface area (Å²) in [5, 5.41) is 0. The average Bonchev–Trinajstić information content (AvgIpc) is 2.62. The smallest absolute Gasteiger partial charge is 0.227 e. The number of amides is 2. The second-order valence-electron chi connectivity index (χ2n) is 8.61. The Morgan fingerprint density at radius 2 is 1.04 bits per heavy atom. The van der Waals surface area contributed by atoms with Crippen molar-refractivity contribution in [1.29, 1.82) is 0 Å². The molecule has 1 heterocycles. The van der Waals surface area contributed by atoms with Crippen LogP contribution in [0.15, 0.2) is 0 Å². The van der Waals surface area contributed by atoms with Crippen molar-refractivity contribution in [3.63, 3.8) is 0 Å². The van der Waals surface area contributed by atoms with Gasteiger partial charge in [0.15, 0.2) is 0 Å². The maximum absolute atomic E-state index is 12.8. The molecule has 4 heteroatoms. The molecule has 4 nitrogen and oxygen atoms in total. The van der Waals surface area contributed by atoms with Crippen molar-refractivity contribution in [2.75, 3.05) is 19.8 Å². The standard InChI is InChI=1S/C20H34N2O2/c1-15-4-8-17(9-5-15)19(23)21-12-3-13-22(14-21)20(24)18-10-6-16(2)7-11-18/h15-18H,3-14H2,1-2H3. The van der Waals surface area contributed by atoms with E-state index in [1.807, 2.05) is 9.80 Å². The molecule has 0 spiro atoms. The zero-order chi connectivity index (χ0) is 17.1. The molecule has 0 aromatic carbocycles. The lowest BCUT2D eigenvalue weighted by Gasteiger charge is -2.40. The predicted molar refractivity (Wildman–Crippen MR) is 95.2 cm³/mol. The summed E-state index contributed by atoms with van der Waals surface area (Å²) in [4.78, 5) is 29.6. The van der Waals surface area contributed by atoms with E-state index in [1.54, 1.807) is 0 Å². The molecule has 3 aliphatic rings. The van der Waals surface area contributed by atoms with E-state index < -0.39 is 0 Å². The SMILES string of the molecule is CC1CCC(C(=O)N2CCCN(C(=O)C3CCC(C)CC3)C2)CC1. The maximum Gasteiger partial charge on any atom is 0.227 e. The second-order valence-corrected chi connectivity index (χ2v) is 8.61. The first-order chi connectivity index (χ1) is 11.5. The summed E-state index contributed by atoms with van der Waals surface area (Å²) >= 11 is 0. The van der Waals surface area contributed by atoms with Crippen LogP contribution in [0.1, 0.15) is 71.6 Å². The molecule has 136 valence electrons. The normalized spacial score (nSPS) is 34.9. The van der Waals surface area contributed by atoms with Crippen molar-refractivity contribution in [2.45, 2.75) is 71.6 Å². The van der Waals surface area contributed by atoms with E-state index >= 15 is 0 Å². The first-order valence-electron chi connectivity index (χ1n) is 10.1. The van der Waals surface area contributed by atoms with Crippen LogP contribution in [0, 0.1) is 23.7 Å². The fourth-order valence-corrected chi connectivity index (χ4v) is 4.69. The number of carbonyl (C=O) groups excluding carboxylic acids is 2. The highest BCUT2D eigenvalue weighted by molar-refractivity contribution is 5.82. The lowest BCUT2D eigenvalue weighted by Crippen LogP contribution is -2.53. The van der Waals surface area contributed by atoms with Crippen molar-refractivity contribution in [1.82, 2.24) is 9.80 Å². The van der Waals surface area contributed by atoms with Gasteiger partial charge in [0.1, 0.15) is 0 Å². The van der Waals surface area contributed by atoms with E-state index in [1.165, 1.54) is 25.7 Å². The van der Waals surface area contributed by atoms with E-state index in [-0.39, 0.29) is 11.8 Å². The van der Waals surface area contributed by atoms with Gasteiger partial charge in [-0.1, -0.05) is 13.8 Å². The van der Waals surface area contributed by atoms with Crippen LogP contribution in [0.2, 0.25) is 0 Å². The van der Waals surface area contributed by atoms with Gasteiger partial charge in [-0.2, -0.15) is 0 Å². The Hall–Kier alpha value is -1.06. The van der Waals surface area contributed by atoms with Gasteiger partial charge < -0.3 is 9.80 Å². The molecular formula is C20H34N2O2. The van der Waals surface area contributed by atoms with Gasteiger partial charge in [-0.25, -0.2) is 0 Å². The van der Waals surface area contributed by atoms with Gasteiger partial charge in [0.2, 0.25) is 11.8 Å². The minimum Gasteiger partial charge on any atom is -0.325 e. The molecule has 1 aliphatic heterocycles. The van der Waals surface area contributed by atoms with Crippen molar-refractivity contribution < 1.29 is 9.59 Å². The maximum atomic E-state index is 12.8. The third-order valence-electron chi connectivity index (χ3n) is 6.55. The van der Waals surface area contributed by atoms with E-state index in [4.69, 9.17) is 0 Å². The largest absolute Gasteiger partial charge is 0.325 e. The van der Waals surface area contributed by atoms with Crippen LogP contribution >= 0.6 is 0 Å². The summed E-state index contributed by atoms with van der Waals surface area (Å²) in [5.74, 6) is 2.54. The van der Waals surface area contributed by atoms with Gasteiger partial charge in [0.05, 0.1) is 6.67 Å². The monoisotopic (exact) mass is 334 g/mol. The summed E-state index contributed by atoms with van der Waals surface area (Å²) in [5.41, 5.74) is 0. The van der Waals surface area contributed by atoms with E-state index in [0.717, 1.165) is 57.0 Å². The Bertz CT molecular complexity index is 409. The minimum absolute atomic E-state index is 0.201. The molecule has 0 aromatic heterocycles. The summed E-state index contributed by atoms with van der Waals surface area (Å²) in [6, 6.07) is 0. The van der Waals surface area contributed by atoms with Crippen LogP contribution < -0.4 is 0 Å². The zero-order valence-electron chi connectivity index (χ0n) is 15.5. The Morgan fingerprint density at radius 1 is 0.667 bits per heavy atom. The summed E-state index contributed by atoms with van der Waals surface area (Å²) in [7, 11) is 0. The van der Waals surface area contributed by atoms with Gasteiger partial charge in [-0.05, 0) is 69.6 Å². The molecule has 0 atom stereocenters. The Labute approximate surface area is 146 Å². The zero-order valence-corrected chi connectivity index (χ0v) is 15.5. The Morgan fingerprint density at radius 3 is 1.42 bits per heavy atom. The van der Waals surface area contributed by atoms with Crippen LogP contribution in [-0.4, -0.2) is 41.4 Å². The highest BCUT2D eigenvalue weighted by atomic mass is 16.2. The van der Waals surface area contributed by atoms with Gasteiger partial charge in [0.25, 0.3) is 0 Å². The first kappa shape index (κ1) is 17.8. The van der Waals surface area contributed by atoms with Gasteiger partial charge in [0, 0.05) is 24.9 Å². The van der Waals surface area contributed by atoms with Crippen molar-refractivity contribution in [2.24, 2.45) is 23.7 Å². The molecule has 0 N–H and O–H groups in total. The van der Waals surface area contributed by atoms with Gasteiger partial charge in [-0.15, -0.1) is 0 Å². The quantitative estimate of drug-likeness (QED) is 0.773. The average molecular weight is 335 g/mol. The molecule has 24 heavy (non-hydrogen) atoms. The highest BCUT2D eigenvalue weighted by Crippen LogP contribution is 2.32. The van der Waals surface area contributed by atoms with E-state index in [0.29, 0.717) is 18.5 Å². The lowest BCUT2D eigenvalue weighted by molar-refractivity contribution is -0.148. The fourth-order valence-electron chi connectivity index (χ4n) is 4.69. The molecule has 2 amide bonds. The lowest BCUT2D eigenvalue weighted by atomic mass is 9.82. The molecule has 3 rings (SSSR count). The third kappa shape index (κ3) is 4.12. The number of carbonyl (C=O) groups is 2. The van der Waals surface area contributed by atoms with E-state index in [9.17, 15) is 9.59 Å². The molecular weight excluding hydrogens is 300 g/mol. The summed E-state index contributed by atoms with van der Waals surface area (Å²) in [6.07, 6.45) is 9.76. The van der Waals surface area contributed by atoms with Crippen molar-refractivity contribution >= 4 is 11.8 Å². The number of rotatable bonds is 2. The number of hydrogen-bond donors (Lipinski definition) is 0. The number of hydrogen-bond acceptors (Lipinski definition) is 2. The molecule has 2 aliphatic carbocycles. The molecule has 0 radical (unpaired) electrons. The van der Waals surface area contributed by atoms with Gasteiger partial charge >= 0.3 is 0 Å². The summed E-state index contributed by atoms with van der Waals surface area (Å²) in [6.45, 7) is 6.77. The van der Waals surface area contributed by atoms with Crippen molar-refractivity contribution in [3.8, 4) is 0 Å². The molecule has 0 aromatic rings.